The summed E-state index contributed by atoms with van der Waals surface area (Å²) in [6.07, 6.45) is 0. The van der Waals surface area contributed by atoms with Crippen molar-refractivity contribution in [3.63, 3.8) is 0 Å². The maximum Gasteiger partial charge on any atom is 0.323 e. The highest BCUT2D eigenvalue weighted by molar-refractivity contribution is 6.30. The van der Waals surface area contributed by atoms with E-state index in [0.29, 0.717) is 5.56 Å². The van der Waals surface area contributed by atoms with Gasteiger partial charge in [-0.15, -0.1) is 0 Å². The van der Waals surface area contributed by atoms with Crippen molar-refractivity contribution in [1.82, 2.24) is 10.6 Å². The second-order valence-corrected chi connectivity index (χ2v) is 3.59. The first-order chi connectivity index (χ1) is 7.99. The van der Waals surface area contributed by atoms with Gasteiger partial charge in [0.05, 0.1) is 5.02 Å². The number of hydrogen-bond donors (Lipinski definition) is 3. The van der Waals surface area contributed by atoms with E-state index in [1.807, 2.05) is 0 Å². The quantitative estimate of drug-likeness (QED) is 0.765. The molecule has 1 aromatic rings. The molecular weight excluding hydrogens is 251 g/mol. The van der Waals surface area contributed by atoms with Gasteiger partial charge in [-0.25, -0.2) is 9.18 Å². The molecule has 1 aromatic carbocycles. The molecule has 0 heterocycles. The number of carbonyl (C=O) groups excluding carboxylic acids is 1. The van der Waals surface area contributed by atoms with Crippen molar-refractivity contribution in [2.45, 2.75) is 6.54 Å². The van der Waals surface area contributed by atoms with Gasteiger partial charge >= 0.3 is 12.0 Å². The Morgan fingerprint density at radius 1 is 1.35 bits per heavy atom. The van der Waals surface area contributed by atoms with E-state index < -0.39 is 24.4 Å². The third-order valence-electron chi connectivity index (χ3n) is 1.84. The number of carbonyl (C=O) groups is 2. The maximum absolute atomic E-state index is 12.8. The second-order valence-electron chi connectivity index (χ2n) is 3.18. The van der Waals surface area contributed by atoms with Crippen LogP contribution in [0.5, 0.6) is 0 Å². The van der Waals surface area contributed by atoms with Crippen molar-refractivity contribution in [3.05, 3.63) is 34.6 Å². The molecule has 92 valence electrons. The lowest BCUT2D eigenvalue weighted by Crippen LogP contribution is -2.37. The highest BCUT2D eigenvalue weighted by atomic mass is 35.5. The zero-order valence-electron chi connectivity index (χ0n) is 8.67. The Bertz CT molecular complexity index is 440. The van der Waals surface area contributed by atoms with Crippen molar-refractivity contribution in [2.24, 2.45) is 0 Å². The summed E-state index contributed by atoms with van der Waals surface area (Å²) in [4.78, 5) is 21.2. The molecule has 0 aromatic heterocycles. The summed E-state index contributed by atoms with van der Waals surface area (Å²) in [5, 5.41) is 12.8. The third kappa shape index (κ3) is 4.69. The van der Waals surface area contributed by atoms with Crippen LogP contribution in [-0.2, 0) is 11.3 Å². The molecule has 3 N–H and O–H groups in total. The lowest BCUT2D eigenvalue weighted by atomic mass is 10.2. The van der Waals surface area contributed by atoms with Gasteiger partial charge in [-0.2, -0.15) is 0 Å². The summed E-state index contributed by atoms with van der Waals surface area (Å²) in [6, 6.07) is 3.43. The molecule has 0 spiro atoms. The number of nitrogens with one attached hydrogen (secondary N) is 2. The first-order valence-electron chi connectivity index (χ1n) is 4.66. The maximum atomic E-state index is 12.8. The average molecular weight is 261 g/mol. The van der Waals surface area contributed by atoms with Crippen LogP contribution in [-0.4, -0.2) is 23.7 Å². The van der Waals surface area contributed by atoms with Gasteiger partial charge in [0.25, 0.3) is 0 Å². The first kappa shape index (κ1) is 13.2. The van der Waals surface area contributed by atoms with Crippen LogP contribution in [0.15, 0.2) is 18.2 Å². The Morgan fingerprint density at radius 2 is 2.06 bits per heavy atom. The largest absolute Gasteiger partial charge is 0.480 e. The fraction of sp³-hybridized carbons (Fsp3) is 0.200. The number of halogens is 2. The Balaban J connectivity index is 2.42. The van der Waals surface area contributed by atoms with Gasteiger partial charge in [0.1, 0.15) is 12.4 Å². The van der Waals surface area contributed by atoms with E-state index in [2.05, 4.69) is 10.6 Å². The minimum absolute atomic E-state index is 0.0322. The SMILES string of the molecule is O=C(O)CNC(=O)NCc1ccc(F)c(Cl)c1. The molecule has 0 aliphatic carbocycles. The molecule has 0 saturated carbocycles. The monoisotopic (exact) mass is 260 g/mol. The van der Waals surface area contributed by atoms with Crippen molar-refractivity contribution in [3.8, 4) is 0 Å². The molecule has 0 bridgehead atoms. The zero-order valence-corrected chi connectivity index (χ0v) is 9.42. The summed E-state index contributed by atoms with van der Waals surface area (Å²) < 4.78 is 12.8. The number of urea groups is 1. The topological polar surface area (TPSA) is 78.4 Å². The fourth-order valence-electron chi connectivity index (χ4n) is 1.05. The van der Waals surface area contributed by atoms with Gasteiger partial charge in [-0.1, -0.05) is 17.7 Å². The number of benzene rings is 1. The van der Waals surface area contributed by atoms with Crippen LogP contribution in [0.4, 0.5) is 9.18 Å². The van der Waals surface area contributed by atoms with Crippen LogP contribution in [0.2, 0.25) is 5.02 Å². The molecule has 0 aliphatic heterocycles. The molecule has 7 heteroatoms. The van der Waals surface area contributed by atoms with E-state index in [0.717, 1.165) is 0 Å². The van der Waals surface area contributed by atoms with E-state index in [1.165, 1.54) is 18.2 Å². The Morgan fingerprint density at radius 3 is 2.65 bits per heavy atom. The van der Waals surface area contributed by atoms with E-state index in [9.17, 15) is 14.0 Å². The Hall–Kier alpha value is -1.82. The molecule has 0 unspecified atom stereocenters. The van der Waals surface area contributed by atoms with Gasteiger partial charge in [-0.05, 0) is 17.7 Å². The zero-order chi connectivity index (χ0) is 12.8. The Kier molecular flexibility index (Phi) is 4.71. The van der Waals surface area contributed by atoms with Gasteiger partial charge in [-0.3, -0.25) is 4.79 Å². The highest BCUT2D eigenvalue weighted by Gasteiger charge is 2.04. The lowest BCUT2D eigenvalue weighted by molar-refractivity contribution is -0.135. The Labute approximate surface area is 102 Å². The molecule has 0 saturated heterocycles. The van der Waals surface area contributed by atoms with Crippen LogP contribution in [0.1, 0.15) is 5.56 Å². The van der Waals surface area contributed by atoms with Gasteiger partial charge in [0, 0.05) is 6.54 Å². The minimum atomic E-state index is -1.13. The highest BCUT2D eigenvalue weighted by Crippen LogP contribution is 2.15. The number of hydrogen-bond acceptors (Lipinski definition) is 2. The molecule has 0 aliphatic rings. The normalized spacial score (nSPS) is 9.76. The van der Waals surface area contributed by atoms with Crippen molar-refractivity contribution < 1.29 is 19.1 Å². The molecule has 0 radical (unpaired) electrons. The number of rotatable bonds is 4. The number of carboxylic acid groups (broad SMARTS) is 1. The van der Waals surface area contributed by atoms with Crippen molar-refractivity contribution in [2.75, 3.05) is 6.54 Å². The van der Waals surface area contributed by atoms with E-state index >= 15 is 0 Å². The second kappa shape index (κ2) is 6.05. The van der Waals surface area contributed by atoms with Crippen LogP contribution in [0.25, 0.3) is 0 Å². The standard InChI is InChI=1S/C10H10ClFN2O3/c11-7-3-6(1-2-8(7)12)4-13-10(17)14-5-9(15)16/h1-3H,4-5H2,(H,15,16)(H2,13,14,17). The molecular formula is C10H10ClFN2O3. The predicted octanol–water partition coefficient (Wildman–Crippen LogP) is 1.36. The molecule has 1 rings (SSSR count). The number of aliphatic carboxylic acids is 1. The smallest absolute Gasteiger partial charge is 0.323 e. The predicted molar refractivity (Wildman–Crippen MR) is 59.3 cm³/mol. The summed E-state index contributed by atoms with van der Waals surface area (Å²) >= 11 is 5.55. The summed E-state index contributed by atoms with van der Waals surface area (Å²) in [5.74, 6) is -1.67. The van der Waals surface area contributed by atoms with Crippen LogP contribution >= 0.6 is 11.6 Å². The van der Waals surface area contributed by atoms with Gasteiger partial charge in [0.2, 0.25) is 0 Å². The van der Waals surface area contributed by atoms with E-state index in [1.54, 1.807) is 0 Å². The van der Waals surface area contributed by atoms with Gasteiger partial charge < -0.3 is 15.7 Å². The van der Waals surface area contributed by atoms with E-state index in [4.69, 9.17) is 16.7 Å². The minimum Gasteiger partial charge on any atom is -0.480 e. The number of amides is 2. The van der Waals surface area contributed by atoms with E-state index in [-0.39, 0.29) is 11.6 Å². The summed E-state index contributed by atoms with van der Waals surface area (Å²) in [6.45, 7) is -0.332. The van der Waals surface area contributed by atoms with Crippen LogP contribution in [0, 0.1) is 5.82 Å². The van der Waals surface area contributed by atoms with Crippen LogP contribution < -0.4 is 10.6 Å². The first-order valence-corrected chi connectivity index (χ1v) is 5.04. The van der Waals surface area contributed by atoms with Crippen molar-refractivity contribution >= 4 is 23.6 Å². The fourth-order valence-corrected chi connectivity index (χ4v) is 1.25. The third-order valence-corrected chi connectivity index (χ3v) is 2.13. The summed E-state index contributed by atoms with van der Waals surface area (Å²) in [7, 11) is 0. The lowest BCUT2D eigenvalue weighted by Gasteiger charge is -2.06. The van der Waals surface area contributed by atoms with Crippen LogP contribution in [0.3, 0.4) is 0 Å². The molecule has 5 nitrogen and oxygen atoms in total. The summed E-state index contributed by atoms with van der Waals surface area (Å²) in [5.41, 5.74) is 0.613. The van der Waals surface area contributed by atoms with Crippen molar-refractivity contribution in [1.29, 1.82) is 0 Å². The molecule has 0 fully saturated rings. The molecule has 17 heavy (non-hydrogen) atoms. The molecule has 0 atom stereocenters. The molecule has 2 amide bonds. The van der Waals surface area contributed by atoms with Gasteiger partial charge in [0.15, 0.2) is 0 Å². The number of carboxylic acids is 1. The average Bonchev–Trinajstić information content (AvgIpc) is 2.28.